The van der Waals surface area contributed by atoms with Gasteiger partial charge in [0.05, 0.1) is 6.04 Å². The monoisotopic (exact) mass is 261 g/mol. The second-order valence-electron chi connectivity index (χ2n) is 6.40. The molecule has 1 fully saturated rings. The molecule has 0 radical (unpaired) electrons. The number of carbonyl (C=O) groups excluding carboxylic acids is 1. The zero-order chi connectivity index (χ0) is 14.0. The molecule has 0 saturated heterocycles. The fourth-order valence-electron chi connectivity index (χ4n) is 2.01. The Kier molecular flexibility index (Phi) is 3.90. The molecule has 19 heavy (non-hydrogen) atoms. The van der Waals surface area contributed by atoms with Crippen molar-refractivity contribution in [3.63, 3.8) is 0 Å². The van der Waals surface area contributed by atoms with Gasteiger partial charge < -0.3 is 10.6 Å². The quantitative estimate of drug-likeness (QED) is 0.901. The topological polar surface area (TPSA) is 59.2 Å². The van der Waals surface area contributed by atoms with E-state index in [-0.39, 0.29) is 11.3 Å². The van der Waals surface area contributed by atoms with E-state index in [1.807, 2.05) is 37.8 Å². The molecule has 1 aromatic rings. The third kappa shape index (κ3) is 3.53. The van der Waals surface area contributed by atoms with Crippen molar-refractivity contribution < 1.29 is 4.79 Å². The number of pyridine rings is 1. The number of carbonyl (C=O) groups is 1. The molecule has 1 heterocycles. The van der Waals surface area contributed by atoms with Crippen LogP contribution in [0.15, 0.2) is 24.5 Å². The maximum Gasteiger partial charge on any atom is 0.240 e. The van der Waals surface area contributed by atoms with Crippen LogP contribution in [0.4, 0.5) is 0 Å². The number of aromatic nitrogens is 1. The van der Waals surface area contributed by atoms with Crippen molar-refractivity contribution in [1.82, 2.24) is 9.88 Å². The lowest BCUT2D eigenvalue weighted by atomic mass is 9.86. The Balaban J connectivity index is 2.10. The van der Waals surface area contributed by atoms with Gasteiger partial charge in [-0.25, -0.2) is 0 Å². The Morgan fingerprint density at radius 1 is 1.42 bits per heavy atom. The van der Waals surface area contributed by atoms with E-state index in [0.29, 0.717) is 12.6 Å². The minimum absolute atomic E-state index is 0.0619. The van der Waals surface area contributed by atoms with Gasteiger partial charge in [-0.2, -0.15) is 0 Å². The van der Waals surface area contributed by atoms with Crippen LogP contribution in [0, 0.1) is 5.41 Å². The maximum absolute atomic E-state index is 12.6. The predicted molar refractivity (Wildman–Crippen MR) is 75.2 cm³/mol. The molecule has 1 atom stereocenters. The normalized spacial score (nSPS) is 17.1. The van der Waals surface area contributed by atoms with E-state index in [4.69, 9.17) is 5.73 Å². The highest BCUT2D eigenvalue weighted by atomic mass is 16.2. The SMILES string of the molecule is CC(C)(C)[C@@H](N)C(=O)N(Cc1ccncc1)C1CC1. The molecule has 2 rings (SSSR count). The van der Waals surface area contributed by atoms with Crippen LogP contribution in [0.5, 0.6) is 0 Å². The number of nitrogens with two attached hydrogens (primary N) is 1. The van der Waals surface area contributed by atoms with Crippen molar-refractivity contribution in [1.29, 1.82) is 0 Å². The van der Waals surface area contributed by atoms with Crippen molar-refractivity contribution in [2.75, 3.05) is 0 Å². The molecular formula is C15H23N3O. The Labute approximate surface area is 115 Å². The summed E-state index contributed by atoms with van der Waals surface area (Å²) in [4.78, 5) is 18.5. The van der Waals surface area contributed by atoms with Gasteiger partial charge in [0.1, 0.15) is 0 Å². The Bertz CT molecular complexity index is 434. The first kappa shape index (κ1) is 14.0. The van der Waals surface area contributed by atoms with Crippen LogP contribution in [-0.2, 0) is 11.3 Å². The summed E-state index contributed by atoms with van der Waals surface area (Å²) in [6.45, 7) is 6.66. The van der Waals surface area contributed by atoms with Crippen LogP contribution in [-0.4, -0.2) is 27.9 Å². The number of rotatable bonds is 4. The van der Waals surface area contributed by atoms with Crippen molar-refractivity contribution in [2.24, 2.45) is 11.1 Å². The van der Waals surface area contributed by atoms with Crippen LogP contribution in [0.1, 0.15) is 39.2 Å². The van der Waals surface area contributed by atoms with Gasteiger partial charge in [0, 0.05) is 25.0 Å². The molecule has 1 amide bonds. The molecule has 2 N–H and O–H groups in total. The number of hydrogen-bond donors (Lipinski definition) is 1. The Hall–Kier alpha value is -1.42. The second-order valence-corrected chi connectivity index (χ2v) is 6.40. The van der Waals surface area contributed by atoms with Crippen molar-refractivity contribution in [3.8, 4) is 0 Å². The third-order valence-corrected chi connectivity index (χ3v) is 3.57. The summed E-state index contributed by atoms with van der Waals surface area (Å²) in [6, 6.07) is 3.82. The van der Waals surface area contributed by atoms with Gasteiger partial charge in [0.15, 0.2) is 0 Å². The zero-order valence-corrected chi connectivity index (χ0v) is 12.0. The van der Waals surface area contributed by atoms with E-state index in [2.05, 4.69) is 4.98 Å². The Morgan fingerprint density at radius 2 is 2.00 bits per heavy atom. The van der Waals surface area contributed by atoms with Crippen LogP contribution in [0.2, 0.25) is 0 Å². The third-order valence-electron chi connectivity index (χ3n) is 3.57. The van der Waals surface area contributed by atoms with Crippen molar-refractivity contribution in [2.45, 2.75) is 52.2 Å². The highest BCUT2D eigenvalue weighted by Gasteiger charge is 2.38. The minimum atomic E-state index is -0.449. The molecule has 1 aliphatic carbocycles. The highest BCUT2D eigenvalue weighted by Crippen LogP contribution is 2.30. The van der Waals surface area contributed by atoms with E-state index in [0.717, 1.165) is 18.4 Å². The average Bonchev–Trinajstić information content (AvgIpc) is 3.18. The van der Waals surface area contributed by atoms with Gasteiger partial charge in [-0.05, 0) is 36.0 Å². The van der Waals surface area contributed by atoms with Crippen LogP contribution >= 0.6 is 0 Å². The van der Waals surface area contributed by atoms with Crippen molar-refractivity contribution in [3.05, 3.63) is 30.1 Å². The second kappa shape index (κ2) is 5.29. The number of nitrogens with zero attached hydrogens (tertiary/aromatic N) is 2. The molecule has 0 aromatic carbocycles. The van der Waals surface area contributed by atoms with Gasteiger partial charge in [-0.1, -0.05) is 20.8 Å². The van der Waals surface area contributed by atoms with Crippen molar-refractivity contribution >= 4 is 5.91 Å². The summed E-state index contributed by atoms with van der Waals surface area (Å²) in [5.74, 6) is 0.0619. The van der Waals surface area contributed by atoms with E-state index in [9.17, 15) is 4.79 Å². The average molecular weight is 261 g/mol. The number of hydrogen-bond acceptors (Lipinski definition) is 3. The van der Waals surface area contributed by atoms with Crippen LogP contribution in [0.3, 0.4) is 0 Å². The van der Waals surface area contributed by atoms with Crippen LogP contribution < -0.4 is 5.73 Å². The molecule has 0 aliphatic heterocycles. The van der Waals surface area contributed by atoms with Gasteiger partial charge in [-0.3, -0.25) is 9.78 Å². The van der Waals surface area contributed by atoms with Gasteiger partial charge in [-0.15, -0.1) is 0 Å². The first-order valence-electron chi connectivity index (χ1n) is 6.84. The summed E-state index contributed by atoms with van der Waals surface area (Å²) in [7, 11) is 0. The molecule has 104 valence electrons. The zero-order valence-electron chi connectivity index (χ0n) is 12.0. The molecule has 1 aliphatic rings. The molecule has 4 heteroatoms. The molecule has 0 bridgehead atoms. The molecule has 4 nitrogen and oxygen atoms in total. The van der Waals surface area contributed by atoms with E-state index < -0.39 is 6.04 Å². The first-order valence-corrected chi connectivity index (χ1v) is 6.84. The summed E-state index contributed by atoms with van der Waals surface area (Å²) in [5, 5.41) is 0. The van der Waals surface area contributed by atoms with E-state index in [1.54, 1.807) is 12.4 Å². The first-order chi connectivity index (χ1) is 8.89. The minimum Gasteiger partial charge on any atom is -0.334 e. The van der Waals surface area contributed by atoms with Crippen LogP contribution in [0.25, 0.3) is 0 Å². The van der Waals surface area contributed by atoms with E-state index >= 15 is 0 Å². The lowest BCUT2D eigenvalue weighted by molar-refractivity contribution is -0.136. The molecule has 0 unspecified atom stereocenters. The summed E-state index contributed by atoms with van der Waals surface area (Å²) in [6.07, 6.45) is 5.70. The predicted octanol–water partition coefficient (Wildman–Crippen LogP) is 1.95. The lowest BCUT2D eigenvalue weighted by Gasteiger charge is -2.32. The summed E-state index contributed by atoms with van der Waals surface area (Å²) >= 11 is 0. The molecule has 1 aromatic heterocycles. The standard InChI is InChI=1S/C15H23N3O/c1-15(2,3)13(16)14(19)18(12-4-5-12)10-11-6-8-17-9-7-11/h6-9,12-13H,4-5,10,16H2,1-3H3/t13-/m0/s1. The summed E-state index contributed by atoms with van der Waals surface area (Å²) in [5.41, 5.74) is 7.01. The van der Waals surface area contributed by atoms with E-state index in [1.165, 1.54) is 0 Å². The highest BCUT2D eigenvalue weighted by molar-refractivity contribution is 5.83. The number of amides is 1. The largest absolute Gasteiger partial charge is 0.334 e. The maximum atomic E-state index is 12.6. The van der Waals surface area contributed by atoms with Gasteiger partial charge >= 0.3 is 0 Å². The van der Waals surface area contributed by atoms with Gasteiger partial charge in [0.25, 0.3) is 0 Å². The summed E-state index contributed by atoms with van der Waals surface area (Å²) < 4.78 is 0. The Morgan fingerprint density at radius 3 is 2.47 bits per heavy atom. The smallest absolute Gasteiger partial charge is 0.240 e. The van der Waals surface area contributed by atoms with Gasteiger partial charge in [0.2, 0.25) is 5.91 Å². The fraction of sp³-hybridized carbons (Fsp3) is 0.600. The lowest BCUT2D eigenvalue weighted by Crippen LogP contribution is -2.50. The molecule has 0 spiro atoms. The molecule has 1 saturated carbocycles. The molecular weight excluding hydrogens is 238 g/mol. The fourth-order valence-corrected chi connectivity index (χ4v) is 2.01.